The van der Waals surface area contributed by atoms with E-state index in [1.807, 2.05) is 11.6 Å². The Bertz CT molecular complexity index is 384. The van der Waals surface area contributed by atoms with Crippen LogP contribution in [0.5, 0.6) is 0 Å². The summed E-state index contributed by atoms with van der Waals surface area (Å²) in [4.78, 5) is 11.1. The van der Waals surface area contributed by atoms with Gasteiger partial charge >= 0.3 is 16.3 Å². The van der Waals surface area contributed by atoms with E-state index in [-0.39, 0.29) is 25.6 Å². The van der Waals surface area contributed by atoms with Crippen LogP contribution in [-0.2, 0) is 14.9 Å². The van der Waals surface area contributed by atoms with Crippen molar-refractivity contribution in [1.29, 1.82) is 0 Å². The Morgan fingerprint density at radius 2 is 2.17 bits per heavy atom. The van der Waals surface area contributed by atoms with Crippen molar-refractivity contribution in [2.75, 3.05) is 19.7 Å². The van der Waals surface area contributed by atoms with Gasteiger partial charge in [-0.3, -0.25) is 0 Å². The molecule has 1 aliphatic rings. The number of hydrogen-bond donors (Lipinski definition) is 2. The average molecular weight is 280 g/mol. The maximum Gasteiger partial charge on any atom is 0.421 e. The Labute approximate surface area is 107 Å². The van der Waals surface area contributed by atoms with E-state index in [2.05, 4.69) is 4.74 Å². The van der Waals surface area contributed by atoms with Crippen LogP contribution in [0.15, 0.2) is 0 Å². The number of hydrogen-bond acceptors (Lipinski definition) is 5. The Hall–Kier alpha value is -0.860. The van der Waals surface area contributed by atoms with Crippen LogP contribution >= 0.6 is 0 Å². The van der Waals surface area contributed by atoms with E-state index in [9.17, 15) is 18.3 Å². The van der Waals surface area contributed by atoms with Gasteiger partial charge in [0.25, 0.3) is 0 Å². The summed E-state index contributed by atoms with van der Waals surface area (Å²) in [6, 6.07) is 0. The van der Waals surface area contributed by atoms with Gasteiger partial charge in [-0.25, -0.2) is 9.52 Å². The highest BCUT2D eigenvalue weighted by Gasteiger charge is 2.34. The molecule has 1 heterocycles. The standard InChI is InChI=1S/C10H20N2O5S/c1-3-8-7-12(6-5-9(8)13)18(15,16)11-10(14)17-4-2/h8-9,13H,3-7H2,1-2H3,(H,11,14). The number of amides is 1. The fraction of sp³-hybridized carbons (Fsp3) is 0.900. The predicted octanol–water partition coefficient (Wildman–Crippen LogP) is 0.0701. The van der Waals surface area contributed by atoms with Crippen molar-refractivity contribution in [2.45, 2.75) is 32.8 Å². The van der Waals surface area contributed by atoms with Crippen LogP contribution in [-0.4, -0.2) is 49.7 Å². The van der Waals surface area contributed by atoms with Gasteiger partial charge in [0.2, 0.25) is 0 Å². The molecule has 1 aliphatic heterocycles. The third kappa shape index (κ3) is 3.82. The molecule has 1 fully saturated rings. The van der Waals surface area contributed by atoms with Crippen molar-refractivity contribution in [1.82, 2.24) is 9.03 Å². The molecule has 0 aromatic heterocycles. The van der Waals surface area contributed by atoms with E-state index >= 15 is 0 Å². The first-order valence-electron chi connectivity index (χ1n) is 6.03. The van der Waals surface area contributed by atoms with Crippen molar-refractivity contribution >= 4 is 16.3 Å². The fourth-order valence-corrected chi connectivity index (χ4v) is 3.07. The van der Waals surface area contributed by atoms with Gasteiger partial charge in [-0.2, -0.15) is 12.7 Å². The third-order valence-corrected chi connectivity index (χ3v) is 4.44. The molecule has 8 heteroatoms. The van der Waals surface area contributed by atoms with Crippen molar-refractivity contribution < 1.29 is 23.1 Å². The highest BCUT2D eigenvalue weighted by Crippen LogP contribution is 2.21. The second-order valence-electron chi connectivity index (χ2n) is 4.21. The van der Waals surface area contributed by atoms with Gasteiger partial charge in [-0.05, 0) is 25.7 Å². The zero-order chi connectivity index (χ0) is 13.8. The lowest BCUT2D eigenvalue weighted by Crippen LogP contribution is -2.51. The quantitative estimate of drug-likeness (QED) is 0.759. The van der Waals surface area contributed by atoms with Gasteiger partial charge in [0, 0.05) is 13.1 Å². The van der Waals surface area contributed by atoms with Crippen molar-refractivity contribution in [2.24, 2.45) is 5.92 Å². The number of aliphatic hydroxyl groups excluding tert-OH is 1. The number of nitrogens with zero attached hydrogens (tertiary/aromatic N) is 1. The summed E-state index contributed by atoms with van der Waals surface area (Å²) in [5.74, 6) is -0.0995. The second kappa shape index (κ2) is 6.35. The summed E-state index contributed by atoms with van der Waals surface area (Å²) in [5.41, 5.74) is 0. The fourth-order valence-electron chi connectivity index (χ4n) is 1.94. The van der Waals surface area contributed by atoms with Crippen LogP contribution in [0.4, 0.5) is 4.79 Å². The zero-order valence-corrected chi connectivity index (χ0v) is 11.4. The number of rotatable bonds is 4. The van der Waals surface area contributed by atoms with E-state index < -0.39 is 22.4 Å². The summed E-state index contributed by atoms with van der Waals surface area (Å²) in [6.07, 6.45) is -0.393. The van der Waals surface area contributed by atoms with Crippen molar-refractivity contribution in [3.8, 4) is 0 Å². The van der Waals surface area contributed by atoms with Gasteiger partial charge in [0.05, 0.1) is 12.7 Å². The number of carbonyl (C=O) groups is 1. The third-order valence-electron chi connectivity index (χ3n) is 3.01. The van der Waals surface area contributed by atoms with Crippen LogP contribution in [0.25, 0.3) is 0 Å². The molecule has 1 saturated heterocycles. The van der Waals surface area contributed by atoms with Crippen LogP contribution in [0.2, 0.25) is 0 Å². The van der Waals surface area contributed by atoms with E-state index in [1.54, 1.807) is 6.92 Å². The van der Waals surface area contributed by atoms with Gasteiger partial charge in [0.15, 0.2) is 0 Å². The summed E-state index contributed by atoms with van der Waals surface area (Å²) in [5, 5.41) is 9.69. The second-order valence-corrected chi connectivity index (χ2v) is 5.88. The minimum atomic E-state index is -3.87. The first-order valence-corrected chi connectivity index (χ1v) is 7.47. The molecule has 0 bridgehead atoms. The monoisotopic (exact) mass is 280 g/mol. The molecule has 2 unspecified atom stereocenters. The van der Waals surface area contributed by atoms with Crippen LogP contribution in [0.3, 0.4) is 0 Å². The van der Waals surface area contributed by atoms with Gasteiger partial charge < -0.3 is 9.84 Å². The van der Waals surface area contributed by atoms with Crippen molar-refractivity contribution in [3.05, 3.63) is 0 Å². The molecule has 7 nitrogen and oxygen atoms in total. The van der Waals surface area contributed by atoms with Gasteiger partial charge in [-0.1, -0.05) is 6.92 Å². The van der Waals surface area contributed by atoms with Crippen LogP contribution in [0.1, 0.15) is 26.7 Å². The largest absolute Gasteiger partial charge is 0.449 e. The predicted molar refractivity (Wildman–Crippen MR) is 65.1 cm³/mol. The molecule has 2 N–H and O–H groups in total. The van der Waals surface area contributed by atoms with Gasteiger partial charge in [-0.15, -0.1) is 0 Å². The van der Waals surface area contributed by atoms with Crippen LogP contribution < -0.4 is 4.72 Å². The number of carbonyl (C=O) groups excluding carboxylic acids is 1. The maximum absolute atomic E-state index is 11.9. The van der Waals surface area contributed by atoms with Gasteiger partial charge in [0.1, 0.15) is 0 Å². The highest BCUT2D eigenvalue weighted by atomic mass is 32.2. The molecule has 0 aromatic rings. The van der Waals surface area contributed by atoms with Crippen LogP contribution in [0, 0.1) is 5.92 Å². The summed E-state index contributed by atoms with van der Waals surface area (Å²) in [7, 11) is -3.87. The number of nitrogens with one attached hydrogen (secondary N) is 1. The molecule has 0 saturated carbocycles. The van der Waals surface area contributed by atoms with E-state index in [4.69, 9.17) is 0 Å². The Kier molecular flexibility index (Phi) is 5.36. The smallest absolute Gasteiger partial charge is 0.421 e. The molecule has 1 amide bonds. The minimum Gasteiger partial charge on any atom is -0.449 e. The minimum absolute atomic E-state index is 0.0995. The summed E-state index contributed by atoms with van der Waals surface area (Å²) >= 11 is 0. The normalized spacial score (nSPS) is 25.7. The topological polar surface area (TPSA) is 95.9 Å². The Morgan fingerprint density at radius 3 is 2.72 bits per heavy atom. The maximum atomic E-state index is 11.9. The number of aliphatic hydroxyl groups is 1. The average Bonchev–Trinajstić information content (AvgIpc) is 2.28. The molecule has 0 aromatic carbocycles. The molecule has 0 aliphatic carbocycles. The zero-order valence-electron chi connectivity index (χ0n) is 10.6. The number of ether oxygens (including phenoxy) is 1. The Balaban J connectivity index is 2.65. The first kappa shape index (κ1) is 15.2. The summed E-state index contributed by atoms with van der Waals surface area (Å²) < 4.78 is 31.3. The van der Waals surface area contributed by atoms with E-state index in [0.29, 0.717) is 12.8 Å². The lowest BCUT2D eigenvalue weighted by atomic mass is 9.94. The van der Waals surface area contributed by atoms with E-state index in [1.165, 1.54) is 4.31 Å². The van der Waals surface area contributed by atoms with E-state index in [0.717, 1.165) is 0 Å². The highest BCUT2D eigenvalue weighted by molar-refractivity contribution is 7.87. The molecule has 2 atom stereocenters. The molecule has 0 spiro atoms. The lowest BCUT2D eigenvalue weighted by Gasteiger charge is -2.34. The molecule has 1 rings (SSSR count). The summed E-state index contributed by atoms with van der Waals surface area (Å²) in [6.45, 7) is 4.01. The van der Waals surface area contributed by atoms with Crippen molar-refractivity contribution in [3.63, 3.8) is 0 Å². The lowest BCUT2D eigenvalue weighted by molar-refractivity contribution is 0.0517. The SMILES string of the molecule is CCOC(=O)NS(=O)(=O)N1CCC(O)C(CC)C1. The Morgan fingerprint density at radius 1 is 1.50 bits per heavy atom. The molecule has 0 radical (unpaired) electrons. The number of piperidine rings is 1. The molecular formula is C10H20N2O5S. The molecule has 18 heavy (non-hydrogen) atoms. The first-order chi connectivity index (χ1) is 8.40. The molecule has 106 valence electrons. The molecular weight excluding hydrogens is 260 g/mol.